The van der Waals surface area contributed by atoms with Crippen LogP contribution in [0.15, 0.2) is 30.3 Å². The van der Waals surface area contributed by atoms with E-state index in [0.29, 0.717) is 0 Å². The van der Waals surface area contributed by atoms with Crippen LogP contribution in [-0.4, -0.2) is 24.0 Å². The van der Waals surface area contributed by atoms with E-state index >= 15 is 0 Å². The highest BCUT2D eigenvalue weighted by Gasteiger charge is 2.27. The minimum Gasteiger partial charge on any atom is -0.368 e. The van der Waals surface area contributed by atoms with E-state index in [4.69, 9.17) is 5.73 Å². The molecule has 2 amide bonds. The number of rotatable bonds is 7. The summed E-state index contributed by atoms with van der Waals surface area (Å²) in [5.74, 6) is -1.33. The summed E-state index contributed by atoms with van der Waals surface area (Å²) >= 11 is 0. The summed E-state index contributed by atoms with van der Waals surface area (Å²) < 4.78 is 35.9. The lowest BCUT2D eigenvalue weighted by molar-refractivity contribution is -0.138. The number of nitrogens with two attached hydrogens (primary N) is 1. The van der Waals surface area contributed by atoms with Gasteiger partial charge in [0.1, 0.15) is 6.04 Å². The molecule has 1 aromatic carbocycles. The normalized spacial score (nSPS) is 12.7. The number of carbonyl (C=O) groups is 2. The zero-order chi connectivity index (χ0) is 15.9. The average molecular weight is 302 g/mol. The van der Waals surface area contributed by atoms with Crippen LogP contribution in [0.25, 0.3) is 0 Å². The summed E-state index contributed by atoms with van der Waals surface area (Å²) in [4.78, 5) is 22.8. The number of halogens is 3. The Kier molecular flexibility index (Phi) is 6.20. The minimum atomic E-state index is -4.28. The molecule has 0 aliphatic carbocycles. The van der Waals surface area contributed by atoms with E-state index < -0.39 is 30.5 Å². The number of benzene rings is 1. The number of hydrogen-bond acceptors (Lipinski definition) is 2. The fourth-order valence-electron chi connectivity index (χ4n) is 1.79. The lowest BCUT2D eigenvalue weighted by Crippen LogP contribution is -2.45. The number of nitrogens with one attached hydrogen (secondary N) is 1. The summed E-state index contributed by atoms with van der Waals surface area (Å²) in [6.45, 7) is 0. The molecule has 0 bridgehead atoms. The maximum Gasteiger partial charge on any atom is 0.389 e. The number of primary amides is 1. The highest BCUT2D eigenvalue weighted by molar-refractivity contribution is 5.86. The predicted molar refractivity (Wildman–Crippen MR) is 71.2 cm³/mol. The highest BCUT2D eigenvalue weighted by Crippen LogP contribution is 2.22. The fraction of sp³-hybridized carbons (Fsp3) is 0.429. The largest absolute Gasteiger partial charge is 0.389 e. The zero-order valence-corrected chi connectivity index (χ0v) is 11.3. The van der Waals surface area contributed by atoms with E-state index in [1.54, 1.807) is 30.3 Å². The lowest BCUT2D eigenvalue weighted by Gasteiger charge is -2.15. The molecule has 0 aliphatic heterocycles. The van der Waals surface area contributed by atoms with Gasteiger partial charge >= 0.3 is 6.18 Å². The quantitative estimate of drug-likeness (QED) is 0.808. The topological polar surface area (TPSA) is 72.2 Å². The van der Waals surface area contributed by atoms with E-state index in [1.165, 1.54) is 0 Å². The molecular formula is C14H17F3N2O2. The van der Waals surface area contributed by atoms with Gasteiger partial charge in [0.25, 0.3) is 0 Å². The van der Waals surface area contributed by atoms with E-state index in [-0.39, 0.29) is 19.3 Å². The summed E-state index contributed by atoms with van der Waals surface area (Å²) in [5, 5.41) is 2.37. The molecular weight excluding hydrogens is 285 g/mol. The molecule has 7 heteroatoms. The second-order valence-electron chi connectivity index (χ2n) is 4.68. The molecule has 0 fully saturated rings. The van der Waals surface area contributed by atoms with E-state index in [2.05, 4.69) is 5.32 Å². The third-order valence-electron chi connectivity index (χ3n) is 2.83. The van der Waals surface area contributed by atoms with E-state index in [1.807, 2.05) is 0 Å². The highest BCUT2D eigenvalue weighted by atomic mass is 19.4. The maximum atomic E-state index is 12.0. The van der Waals surface area contributed by atoms with Gasteiger partial charge in [-0.3, -0.25) is 9.59 Å². The van der Waals surface area contributed by atoms with Crippen LogP contribution in [0.1, 0.15) is 24.8 Å². The molecule has 0 aromatic heterocycles. The molecule has 0 saturated heterocycles. The van der Waals surface area contributed by atoms with Crippen molar-refractivity contribution in [3.05, 3.63) is 35.9 Å². The van der Waals surface area contributed by atoms with Crippen LogP contribution in [0.4, 0.5) is 13.2 Å². The van der Waals surface area contributed by atoms with Crippen molar-refractivity contribution >= 4 is 11.8 Å². The third kappa shape index (κ3) is 7.34. The minimum absolute atomic E-state index is 0.210. The summed E-state index contributed by atoms with van der Waals surface area (Å²) in [7, 11) is 0. The Labute approximate surface area is 120 Å². The van der Waals surface area contributed by atoms with Crippen LogP contribution in [-0.2, 0) is 16.0 Å². The predicted octanol–water partition coefficient (Wildman–Crippen LogP) is 1.93. The van der Waals surface area contributed by atoms with Gasteiger partial charge in [-0.15, -0.1) is 0 Å². The number of alkyl halides is 3. The SMILES string of the molecule is NC(=O)C(Cc1ccccc1)NC(=O)CCCC(F)(F)F. The van der Waals surface area contributed by atoms with Crippen molar-refractivity contribution < 1.29 is 22.8 Å². The van der Waals surface area contributed by atoms with Gasteiger partial charge in [0.15, 0.2) is 0 Å². The Hall–Kier alpha value is -2.05. The number of hydrogen-bond donors (Lipinski definition) is 2. The van der Waals surface area contributed by atoms with Crippen LogP contribution in [0.2, 0.25) is 0 Å². The molecule has 1 unspecified atom stereocenters. The van der Waals surface area contributed by atoms with Crippen LogP contribution in [0, 0.1) is 0 Å². The van der Waals surface area contributed by atoms with Crippen LogP contribution in [0.3, 0.4) is 0 Å². The number of amides is 2. The Morgan fingerprint density at radius 3 is 2.33 bits per heavy atom. The molecule has 116 valence electrons. The van der Waals surface area contributed by atoms with Gasteiger partial charge < -0.3 is 11.1 Å². The molecule has 0 radical (unpaired) electrons. The van der Waals surface area contributed by atoms with Crippen LogP contribution < -0.4 is 11.1 Å². The smallest absolute Gasteiger partial charge is 0.368 e. The molecule has 0 aliphatic rings. The molecule has 0 spiro atoms. The first-order valence-electron chi connectivity index (χ1n) is 6.47. The van der Waals surface area contributed by atoms with Gasteiger partial charge in [-0.05, 0) is 12.0 Å². The van der Waals surface area contributed by atoms with E-state index in [0.717, 1.165) is 5.56 Å². The van der Waals surface area contributed by atoms with Gasteiger partial charge in [0, 0.05) is 19.3 Å². The molecule has 21 heavy (non-hydrogen) atoms. The lowest BCUT2D eigenvalue weighted by atomic mass is 10.1. The molecule has 1 atom stereocenters. The molecule has 1 aromatic rings. The van der Waals surface area contributed by atoms with Crippen molar-refractivity contribution in [2.75, 3.05) is 0 Å². The van der Waals surface area contributed by atoms with Crippen LogP contribution in [0.5, 0.6) is 0 Å². The molecule has 1 rings (SSSR count). The van der Waals surface area contributed by atoms with Crippen molar-refractivity contribution in [3.8, 4) is 0 Å². The van der Waals surface area contributed by atoms with Gasteiger partial charge in [-0.2, -0.15) is 13.2 Å². The van der Waals surface area contributed by atoms with Gasteiger partial charge in [0.2, 0.25) is 11.8 Å². The standard InChI is InChI=1S/C14H17F3N2O2/c15-14(16,17)8-4-7-12(20)19-11(13(18)21)9-10-5-2-1-3-6-10/h1-3,5-6,11H,4,7-9H2,(H2,18,21)(H,19,20). The third-order valence-corrected chi connectivity index (χ3v) is 2.83. The average Bonchev–Trinajstić information content (AvgIpc) is 2.37. The fourth-order valence-corrected chi connectivity index (χ4v) is 1.79. The summed E-state index contributed by atoms with van der Waals surface area (Å²) in [6, 6.07) is 7.97. The summed E-state index contributed by atoms with van der Waals surface area (Å²) in [6.07, 6.45) is -5.71. The Morgan fingerprint density at radius 1 is 1.19 bits per heavy atom. The maximum absolute atomic E-state index is 12.0. The van der Waals surface area contributed by atoms with E-state index in [9.17, 15) is 22.8 Å². The van der Waals surface area contributed by atoms with Crippen molar-refractivity contribution in [2.45, 2.75) is 37.9 Å². The second kappa shape index (κ2) is 7.66. The monoisotopic (exact) mass is 302 g/mol. The van der Waals surface area contributed by atoms with Gasteiger partial charge in [0.05, 0.1) is 0 Å². The van der Waals surface area contributed by atoms with Gasteiger partial charge in [-0.1, -0.05) is 30.3 Å². The Balaban J connectivity index is 2.47. The van der Waals surface area contributed by atoms with Crippen molar-refractivity contribution in [1.29, 1.82) is 0 Å². The number of carbonyl (C=O) groups excluding carboxylic acids is 2. The molecule has 0 saturated carbocycles. The zero-order valence-electron chi connectivity index (χ0n) is 11.3. The van der Waals surface area contributed by atoms with Crippen molar-refractivity contribution in [2.24, 2.45) is 5.73 Å². The second-order valence-corrected chi connectivity index (χ2v) is 4.68. The Morgan fingerprint density at radius 2 is 1.81 bits per heavy atom. The Bertz CT molecular complexity index is 475. The van der Waals surface area contributed by atoms with Gasteiger partial charge in [-0.25, -0.2) is 0 Å². The first kappa shape index (κ1) is 17.0. The van der Waals surface area contributed by atoms with Crippen LogP contribution >= 0.6 is 0 Å². The molecule has 0 heterocycles. The first-order chi connectivity index (χ1) is 9.78. The van der Waals surface area contributed by atoms with Crippen molar-refractivity contribution in [3.63, 3.8) is 0 Å². The molecule has 4 nitrogen and oxygen atoms in total. The summed E-state index contributed by atoms with van der Waals surface area (Å²) in [5.41, 5.74) is 6.00. The van der Waals surface area contributed by atoms with Crippen molar-refractivity contribution in [1.82, 2.24) is 5.32 Å². The molecule has 3 N–H and O–H groups in total. The first-order valence-corrected chi connectivity index (χ1v) is 6.47.